The third kappa shape index (κ3) is 2.36. The first-order valence-electron chi connectivity index (χ1n) is 7.28. The van der Waals surface area contributed by atoms with E-state index in [4.69, 9.17) is 4.74 Å². The maximum absolute atomic E-state index is 12.5. The summed E-state index contributed by atoms with van der Waals surface area (Å²) in [5.74, 6) is 3.58. The normalized spacial score (nSPS) is 37.4. The third-order valence-electron chi connectivity index (χ3n) is 5.16. The van der Waals surface area contributed by atoms with Crippen molar-refractivity contribution in [2.45, 2.75) is 51.6 Å². The van der Waals surface area contributed by atoms with Crippen molar-refractivity contribution in [3.8, 4) is 0 Å². The molecule has 2 saturated heterocycles. The van der Waals surface area contributed by atoms with Gasteiger partial charge in [-0.2, -0.15) is 11.8 Å². The fourth-order valence-electron chi connectivity index (χ4n) is 3.60. The lowest BCUT2D eigenvalue weighted by Gasteiger charge is -2.43. The van der Waals surface area contributed by atoms with Crippen LogP contribution in [-0.4, -0.2) is 29.5 Å². The first kappa shape index (κ1) is 13.0. The molecule has 0 aromatic heterocycles. The van der Waals surface area contributed by atoms with E-state index in [0.29, 0.717) is 11.7 Å². The Bertz CT molecular complexity index is 339. The van der Waals surface area contributed by atoms with Crippen molar-refractivity contribution in [1.29, 1.82) is 0 Å². The summed E-state index contributed by atoms with van der Waals surface area (Å²) in [6.45, 7) is 5.25. The Morgan fingerprint density at radius 3 is 2.50 bits per heavy atom. The predicted molar refractivity (Wildman–Crippen MR) is 74.9 cm³/mol. The Hall–Kier alpha value is -0.0200. The second-order valence-corrected chi connectivity index (χ2v) is 8.21. The molecule has 2 aliphatic heterocycles. The van der Waals surface area contributed by atoms with Crippen LogP contribution in [0.1, 0.15) is 46.0 Å². The zero-order chi connectivity index (χ0) is 12.8. The van der Waals surface area contributed by atoms with Crippen LogP contribution in [-0.2, 0) is 9.53 Å². The van der Waals surface area contributed by atoms with Crippen LogP contribution >= 0.6 is 11.8 Å². The van der Waals surface area contributed by atoms with Gasteiger partial charge in [-0.15, -0.1) is 0 Å². The van der Waals surface area contributed by atoms with Crippen LogP contribution < -0.4 is 0 Å². The van der Waals surface area contributed by atoms with Gasteiger partial charge in [0, 0.05) is 18.4 Å². The molecule has 0 aromatic carbocycles. The summed E-state index contributed by atoms with van der Waals surface area (Å²) in [6.07, 6.45) is 5.36. The van der Waals surface area contributed by atoms with Gasteiger partial charge in [0.15, 0.2) is 0 Å². The molecule has 2 atom stereocenters. The van der Waals surface area contributed by atoms with Gasteiger partial charge in [-0.25, -0.2) is 0 Å². The molecule has 0 radical (unpaired) electrons. The monoisotopic (exact) mass is 268 g/mol. The summed E-state index contributed by atoms with van der Waals surface area (Å²) in [5.41, 5.74) is 0.341. The van der Waals surface area contributed by atoms with Gasteiger partial charge in [-0.3, -0.25) is 4.79 Å². The highest BCUT2D eigenvalue weighted by Gasteiger charge is 2.53. The van der Waals surface area contributed by atoms with E-state index in [2.05, 4.69) is 13.8 Å². The summed E-state index contributed by atoms with van der Waals surface area (Å²) in [5, 5.41) is 0. The molecule has 2 unspecified atom stereocenters. The molecule has 3 fully saturated rings. The molecular formula is C15H24O2S. The van der Waals surface area contributed by atoms with Crippen molar-refractivity contribution < 1.29 is 9.53 Å². The van der Waals surface area contributed by atoms with E-state index in [1.54, 1.807) is 0 Å². The molecule has 1 aliphatic carbocycles. The van der Waals surface area contributed by atoms with Crippen molar-refractivity contribution in [3.63, 3.8) is 0 Å². The molecule has 102 valence electrons. The van der Waals surface area contributed by atoms with E-state index < -0.39 is 0 Å². The van der Waals surface area contributed by atoms with Crippen LogP contribution in [0.15, 0.2) is 0 Å². The van der Waals surface area contributed by atoms with Crippen molar-refractivity contribution in [3.05, 3.63) is 0 Å². The molecule has 1 spiro atoms. The Labute approximate surface area is 114 Å². The Morgan fingerprint density at radius 1 is 1.22 bits per heavy atom. The van der Waals surface area contributed by atoms with Crippen LogP contribution in [0.25, 0.3) is 0 Å². The number of rotatable bonds is 2. The minimum atomic E-state index is 0.0584. The van der Waals surface area contributed by atoms with Gasteiger partial charge in [0.25, 0.3) is 0 Å². The van der Waals surface area contributed by atoms with Gasteiger partial charge in [0.2, 0.25) is 0 Å². The highest BCUT2D eigenvalue weighted by molar-refractivity contribution is 7.99. The number of ether oxygens (including phenoxy) is 1. The lowest BCUT2D eigenvalue weighted by atomic mass is 9.78. The highest BCUT2D eigenvalue weighted by atomic mass is 32.2. The molecule has 3 aliphatic rings. The minimum Gasteiger partial charge on any atom is -0.375 e. The van der Waals surface area contributed by atoms with E-state index in [1.165, 1.54) is 11.5 Å². The number of Topliss-reactive ketones (excluding diaryl/α,β-unsaturated/α-hetero) is 1. The maximum Gasteiger partial charge on any atom is 0.139 e. The van der Waals surface area contributed by atoms with Crippen LogP contribution in [0.5, 0.6) is 0 Å². The van der Waals surface area contributed by atoms with E-state index in [-0.39, 0.29) is 16.9 Å². The van der Waals surface area contributed by atoms with Crippen LogP contribution in [0.3, 0.4) is 0 Å². The summed E-state index contributed by atoms with van der Waals surface area (Å²) in [6, 6.07) is 0. The second kappa shape index (κ2) is 4.52. The molecule has 0 amide bonds. The third-order valence-corrected chi connectivity index (χ3v) is 6.14. The SMILES string of the molecule is CC1(C)CC1C(=O)C1CCOC2(CCSCC2)C1. The largest absolute Gasteiger partial charge is 0.375 e. The molecule has 3 heteroatoms. The molecule has 0 aromatic rings. The van der Waals surface area contributed by atoms with Crippen molar-refractivity contribution in [2.24, 2.45) is 17.3 Å². The number of hydrogen-bond acceptors (Lipinski definition) is 3. The number of carbonyl (C=O) groups excluding carboxylic acids is 1. The van der Waals surface area contributed by atoms with Crippen LogP contribution in [0, 0.1) is 17.3 Å². The van der Waals surface area contributed by atoms with Gasteiger partial charge in [-0.05, 0) is 49.0 Å². The average molecular weight is 268 g/mol. The quantitative estimate of drug-likeness (QED) is 0.768. The van der Waals surface area contributed by atoms with Crippen LogP contribution in [0.2, 0.25) is 0 Å². The smallest absolute Gasteiger partial charge is 0.139 e. The van der Waals surface area contributed by atoms with Gasteiger partial charge in [-0.1, -0.05) is 13.8 Å². The summed E-state index contributed by atoms with van der Waals surface area (Å²) < 4.78 is 6.07. The van der Waals surface area contributed by atoms with Gasteiger partial charge in [0.1, 0.15) is 5.78 Å². The number of ketones is 1. The molecule has 2 nitrogen and oxygen atoms in total. The van der Waals surface area contributed by atoms with E-state index in [1.807, 2.05) is 11.8 Å². The first-order chi connectivity index (χ1) is 8.53. The zero-order valence-electron chi connectivity index (χ0n) is 11.5. The Balaban J connectivity index is 1.65. The van der Waals surface area contributed by atoms with Crippen LogP contribution in [0.4, 0.5) is 0 Å². The summed E-state index contributed by atoms with van der Waals surface area (Å²) >= 11 is 2.03. The standard InChI is InChI=1S/C15H24O2S/c1-14(2)10-12(14)13(16)11-3-6-17-15(9-11)4-7-18-8-5-15/h11-12H,3-10H2,1-2H3. The number of carbonyl (C=O) groups is 1. The van der Waals surface area contributed by atoms with Crippen molar-refractivity contribution in [1.82, 2.24) is 0 Å². The van der Waals surface area contributed by atoms with E-state index in [0.717, 1.165) is 38.7 Å². The maximum atomic E-state index is 12.5. The molecule has 2 heterocycles. The fraction of sp³-hybridized carbons (Fsp3) is 0.933. The molecule has 3 rings (SSSR count). The lowest BCUT2D eigenvalue weighted by Crippen LogP contribution is -2.45. The van der Waals surface area contributed by atoms with Gasteiger partial charge >= 0.3 is 0 Å². The number of hydrogen-bond donors (Lipinski definition) is 0. The van der Waals surface area contributed by atoms with Gasteiger partial charge < -0.3 is 4.74 Å². The minimum absolute atomic E-state index is 0.0584. The zero-order valence-corrected chi connectivity index (χ0v) is 12.4. The topological polar surface area (TPSA) is 26.3 Å². The van der Waals surface area contributed by atoms with E-state index in [9.17, 15) is 4.79 Å². The summed E-state index contributed by atoms with van der Waals surface area (Å²) in [4.78, 5) is 12.5. The lowest BCUT2D eigenvalue weighted by molar-refractivity contribution is -0.140. The number of thioether (sulfide) groups is 1. The molecule has 1 saturated carbocycles. The van der Waals surface area contributed by atoms with Gasteiger partial charge in [0.05, 0.1) is 5.60 Å². The highest BCUT2D eigenvalue weighted by Crippen LogP contribution is 2.54. The van der Waals surface area contributed by atoms with Crippen molar-refractivity contribution >= 4 is 17.5 Å². The first-order valence-corrected chi connectivity index (χ1v) is 8.43. The predicted octanol–water partition coefficient (Wildman–Crippen LogP) is 3.29. The molecule has 0 bridgehead atoms. The molecule has 18 heavy (non-hydrogen) atoms. The molecule has 0 N–H and O–H groups in total. The fourth-order valence-corrected chi connectivity index (χ4v) is 4.84. The second-order valence-electron chi connectivity index (χ2n) is 6.98. The van der Waals surface area contributed by atoms with E-state index >= 15 is 0 Å². The summed E-state index contributed by atoms with van der Waals surface area (Å²) in [7, 11) is 0. The molecular weight excluding hydrogens is 244 g/mol. The van der Waals surface area contributed by atoms with Crippen molar-refractivity contribution in [2.75, 3.05) is 18.1 Å². The average Bonchev–Trinajstić information content (AvgIpc) is 2.98. The Morgan fingerprint density at radius 2 is 1.89 bits per heavy atom. The Kier molecular flexibility index (Phi) is 3.26.